The van der Waals surface area contributed by atoms with Gasteiger partial charge in [-0.1, -0.05) is 11.6 Å². The number of aromatic nitrogens is 2. The number of anilines is 1. The Labute approximate surface area is 123 Å². The van der Waals surface area contributed by atoms with Crippen molar-refractivity contribution >= 4 is 17.4 Å². The zero-order valence-electron chi connectivity index (χ0n) is 10.9. The van der Waals surface area contributed by atoms with Crippen LogP contribution in [0.15, 0.2) is 30.6 Å². The minimum atomic E-state index is -4.46. The quantitative estimate of drug-likeness (QED) is 0.932. The van der Waals surface area contributed by atoms with Gasteiger partial charge >= 0.3 is 6.18 Å². The molecule has 0 spiro atoms. The van der Waals surface area contributed by atoms with Crippen molar-refractivity contribution in [2.75, 3.05) is 12.4 Å². The third-order valence-corrected chi connectivity index (χ3v) is 2.92. The molecule has 1 N–H and O–H groups in total. The number of methoxy groups -OCH3 is 1. The molecule has 2 heterocycles. The summed E-state index contributed by atoms with van der Waals surface area (Å²) in [5.74, 6) is 0.626. The third-order valence-electron chi connectivity index (χ3n) is 2.64. The predicted octanol–water partition coefficient (Wildman–Crippen LogP) is 3.77. The first-order valence-electron chi connectivity index (χ1n) is 5.85. The molecule has 0 saturated carbocycles. The van der Waals surface area contributed by atoms with Crippen LogP contribution in [0.5, 0.6) is 5.88 Å². The average molecular weight is 318 g/mol. The first kappa shape index (κ1) is 15.4. The molecule has 0 aliphatic rings. The second-order valence-electron chi connectivity index (χ2n) is 4.11. The topological polar surface area (TPSA) is 47.0 Å². The molecular weight excluding hydrogens is 307 g/mol. The highest BCUT2D eigenvalue weighted by Gasteiger charge is 2.31. The Morgan fingerprint density at radius 3 is 2.67 bits per heavy atom. The summed E-state index contributed by atoms with van der Waals surface area (Å²) in [7, 11) is 1.49. The lowest BCUT2D eigenvalue weighted by Gasteiger charge is -2.11. The Morgan fingerprint density at radius 2 is 2.05 bits per heavy atom. The molecule has 0 aliphatic heterocycles. The lowest BCUT2D eigenvalue weighted by atomic mass is 10.2. The number of rotatable bonds is 4. The van der Waals surface area contributed by atoms with E-state index < -0.39 is 11.7 Å². The largest absolute Gasteiger partial charge is 0.481 e. The molecule has 112 valence electrons. The van der Waals surface area contributed by atoms with Gasteiger partial charge in [0.05, 0.1) is 17.7 Å². The van der Waals surface area contributed by atoms with Gasteiger partial charge < -0.3 is 10.1 Å². The van der Waals surface area contributed by atoms with Gasteiger partial charge in [-0.05, 0) is 17.7 Å². The molecule has 0 bridgehead atoms. The predicted molar refractivity (Wildman–Crippen MR) is 72.4 cm³/mol. The van der Waals surface area contributed by atoms with Crippen LogP contribution in [0, 0.1) is 0 Å². The van der Waals surface area contributed by atoms with Crippen molar-refractivity contribution in [3.8, 4) is 5.88 Å². The van der Waals surface area contributed by atoms with E-state index in [-0.39, 0.29) is 10.8 Å². The number of hydrogen-bond acceptors (Lipinski definition) is 4. The Balaban J connectivity index is 2.10. The highest BCUT2D eigenvalue weighted by atomic mass is 35.5. The summed E-state index contributed by atoms with van der Waals surface area (Å²) in [4.78, 5) is 7.64. The van der Waals surface area contributed by atoms with Crippen molar-refractivity contribution in [1.29, 1.82) is 0 Å². The first-order valence-corrected chi connectivity index (χ1v) is 6.23. The lowest BCUT2D eigenvalue weighted by Crippen LogP contribution is -2.08. The standard InChI is InChI=1S/C13H11ClF3N3O/c1-21-11-4-8(2-3-18-11)6-19-12-10(14)5-9(7-20-12)13(15,16)17/h2-5,7H,6H2,1H3,(H,19,20). The van der Waals surface area contributed by atoms with Crippen LogP contribution in [0.25, 0.3) is 0 Å². The van der Waals surface area contributed by atoms with Gasteiger partial charge in [-0.25, -0.2) is 9.97 Å². The van der Waals surface area contributed by atoms with Crippen molar-refractivity contribution < 1.29 is 17.9 Å². The fourth-order valence-corrected chi connectivity index (χ4v) is 1.81. The molecule has 0 unspecified atom stereocenters. The van der Waals surface area contributed by atoms with Gasteiger partial charge in [0.1, 0.15) is 5.82 Å². The summed E-state index contributed by atoms with van der Waals surface area (Å²) in [5.41, 5.74) is -0.0526. The molecule has 0 amide bonds. The molecule has 4 nitrogen and oxygen atoms in total. The van der Waals surface area contributed by atoms with E-state index in [1.807, 2.05) is 0 Å². The Morgan fingerprint density at radius 1 is 1.29 bits per heavy atom. The number of ether oxygens (including phenoxy) is 1. The van der Waals surface area contributed by atoms with E-state index in [0.29, 0.717) is 12.4 Å². The SMILES string of the molecule is COc1cc(CNc2ncc(C(F)(F)F)cc2Cl)ccn1. The zero-order chi connectivity index (χ0) is 15.5. The van der Waals surface area contributed by atoms with Gasteiger partial charge in [-0.15, -0.1) is 0 Å². The van der Waals surface area contributed by atoms with E-state index >= 15 is 0 Å². The van der Waals surface area contributed by atoms with Gasteiger partial charge in [0.15, 0.2) is 0 Å². The molecule has 0 radical (unpaired) electrons. The van der Waals surface area contributed by atoms with Crippen LogP contribution in [0.2, 0.25) is 5.02 Å². The maximum absolute atomic E-state index is 12.5. The molecule has 2 rings (SSSR count). The highest BCUT2D eigenvalue weighted by Crippen LogP contribution is 2.32. The minimum Gasteiger partial charge on any atom is -0.481 e. The second-order valence-corrected chi connectivity index (χ2v) is 4.52. The van der Waals surface area contributed by atoms with E-state index in [9.17, 15) is 13.2 Å². The van der Waals surface area contributed by atoms with Gasteiger partial charge in [0, 0.05) is 25.0 Å². The number of hydrogen-bond donors (Lipinski definition) is 1. The Kier molecular flexibility index (Phi) is 4.52. The van der Waals surface area contributed by atoms with Gasteiger partial charge in [-0.3, -0.25) is 0 Å². The number of pyridine rings is 2. The lowest BCUT2D eigenvalue weighted by molar-refractivity contribution is -0.137. The molecule has 21 heavy (non-hydrogen) atoms. The van der Waals surface area contributed by atoms with Crippen molar-refractivity contribution in [3.05, 3.63) is 46.7 Å². The number of nitrogens with zero attached hydrogens (tertiary/aromatic N) is 2. The van der Waals surface area contributed by atoms with E-state index in [0.717, 1.165) is 17.8 Å². The third kappa shape index (κ3) is 3.98. The Hall–Kier alpha value is -2.02. The monoisotopic (exact) mass is 317 g/mol. The summed E-state index contributed by atoms with van der Waals surface area (Å²) in [6, 6.07) is 4.28. The molecule has 2 aromatic rings. The normalized spacial score (nSPS) is 11.3. The zero-order valence-corrected chi connectivity index (χ0v) is 11.7. The molecule has 0 aliphatic carbocycles. The van der Waals surface area contributed by atoms with Crippen molar-refractivity contribution in [2.45, 2.75) is 12.7 Å². The summed E-state index contributed by atoms with van der Waals surface area (Å²) < 4.78 is 42.5. The summed E-state index contributed by atoms with van der Waals surface area (Å²) in [6.45, 7) is 0.330. The van der Waals surface area contributed by atoms with Crippen LogP contribution >= 0.6 is 11.6 Å². The maximum Gasteiger partial charge on any atom is 0.417 e. The molecule has 0 aromatic carbocycles. The van der Waals surface area contributed by atoms with Crippen LogP contribution in [-0.4, -0.2) is 17.1 Å². The van der Waals surface area contributed by atoms with E-state index in [2.05, 4.69) is 15.3 Å². The summed E-state index contributed by atoms with van der Waals surface area (Å²) >= 11 is 5.80. The van der Waals surface area contributed by atoms with Gasteiger partial charge in [0.25, 0.3) is 0 Å². The van der Waals surface area contributed by atoms with Crippen molar-refractivity contribution in [3.63, 3.8) is 0 Å². The number of nitrogens with one attached hydrogen (secondary N) is 1. The fraction of sp³-hybridized carbons (Fsp3) is 0.231. The second kappa shape index (κ2) is 6.17. The summed E-state index contributed by atoms with van der Waals surface area (Å²) in [5, 5.41) is 2.77. The first-order chi connectivity index (χ1) is 9.90. The fourth-order valence-electron chi connectivity index (χ4n) is 1.58. The van der Waals surface area contributed by atoms with Crippen LogP contribution in [-0.2, 0) is 12.7 Å². The smallest absolute Gasteiger partial charge is 0.417 e. The van der Waals surface area contributed by atoms with Crippen molar-refractivity contribution in [2.24, 2.45) is 0 Å². The van der Waals surface area contributed by atoms with E-state index in [4.69, 9.17) is 16.3 Å². The minimum absolute atomic E-state index is 0.0918. The number of halogens is 4. The van der Waals surface area contributed by atoms with Crippen LogP contribution < -0.4 is 10.1 Å². The summed E-state index contributed by atoms with van der Waals surface area (Å²) in [6.07, 6.45) is -2.16. The Bertz CT molecular complexity index is 634. The molecular formula is C13H11ClF3N3O. The molecule has 0 fully saturated rings. The number of alkyl halides is 3. The maximum atomic E-state index is 12.5. The van der Waals surface area contributed by atoms with Crippen LogP contribution in [0.1, 0.15) is 11.1 Å². The van der Waals surface area contributed by atoms with E-state index in [1.54, 1.807) is 18.3 Å². The molecule has 0 atom stereocenters. The van der Waals surface area contributed by atoms with Crippen LogP contribution in [0.4, 0.5) is 19.0 Å². The average Bonchev–Trinajstić information content (AvgIpc) is 2.45. The molecule has 0 saturated heterocycles. The van der Waals surface area contributed by atoms with Gasteiger partial charge in [-0.2, -0.15) is 13.2 Å². The van der Waals surface area contributed by atoms with E-state index in [1.165, 1.54) is 7.11 Å². The highest BCUT2D eigenvalue weighted by molar-refractivity contribution is 6.32. The van der Waals surface area contributed by atoms with Crippen LogP contribution in [0.3, 0.4) is 0 Å². The molecule has 8 heteroatoms. The van der Waals surface area contributed by atoms with Crippen molar-refractivity contribution in [1.82, 2.24) is 9.97 Å². The molecule has 2 aromatic heterocycles. The van der Waals surface area contributed by atoms with Gasteiger partial charge in [0.2, 0.25) is 5.88 Å².